The van der Waals surface area contributed by atoms with Gasteiger partial charge in [0.05, 0.1) is 16.4 Å². The quantitative estimate of drug-likeness (QED) is 0.776. The summed E-state index contributed by atoms with van der Waals surface area (Å²) in [5, 5.41) is 2.53. The fraction of sp³-hybridized carbons (Fsp3) is 0.158. The molecular formula is C19H18N2O4S2. The van der Waals surface area contributed by atoms with E-state index in [1.54, 1.807) is 18.2 Å². The summed E-state index contributed by atoms with van der Waals surface area (Å²) >= 11 is 0.993. The number of ether oxygens (including phenoxy) is 1. The molecule has 0 aromatic heterocycles. The molecule has 27 heavy (non-hydrogen) atoms. The van der Waals surface area contributed by atoms with Crippen molar-refractivity contribution < 1.29 is 17.9 Å². The number of amidine groups is 1. The lowest BCUT2D eigenvalue weighted by molar-refractivity contribution is -0.115. The molecule has 0 saturated carbocycles. The fourth-order valence-electron chi connectivity index (χ4n) is 2.32. The molecule has 140 valence electrons. The number of hydrogen-bond donors (Lipinski definition) is 1. The molecule has 1 saturated heterocycles. The molecule has 6 nitrogen and oxygen atoms in total. The predicted molar refractivity (Wildman–Crippen MR) is 107 cm³/mol. The second-order valence-corrected chi connectivity index (χ2v) is 8.39. The van der Waals surface area contributed by atoms with Gasteiger partial charge in [0, 0.05) is 0 Å². The Morgan fingerprint density at radius 2 is 1.78 bits per heavy atom. The highest BCUT2D eigenvalue weighted by atomic mass is 32.2. The average molecular weight is 402 g/mol. The monoisotopic (exact) mass is 402 g/mol. The van der Waals surface area contributed by atoms with Gasteiger partial charge in [-0.25, -0.2) is 0 Å². The molecule has 0 bridgehead atoms. The van der Waals surface area contributed by atoms with Gasteiger partial charge in [-0.05, 0) is 61.5 Å². The number of carbonyl (C=O) groups is 1. The number of amides is 1. The fourth-order valence-corrected chi connectivity index (χ4v) is 4.31. The van der Waals surface area contributed by atoms with Crippen molar-refractivity contribution in [2.75, 3.05) is 6.61 Å². The molecule has 0 radical (unpaired) electrons. The Morgan fingerprint density at radius 1 is 1.11 bits per heavy atom. The summed E-state index contributed by atoms with van der Waals surface area (Å²) < 4.78 is 33.9. The number of nitrogens with one attached hydrogen (secondary N) is 1. The van der Waals surface area contributed by atoms with Crippen molar-refractivity contribution in [2.24, 2.45) is 4.40 Å². The lowest BCUT2D eigenvalue weighted by atomic mass is 10.2. The summed E-state index contributed by atoms with van der Waals surface area (Å²) in [5.74, 6) is 0.362. The Hall–Kier alpha value is -2.58. The molecule has 0 atom stereocenters. The molecule has 0 aliphatic carbocycles. The van der Waals surface area contributed by atoms with Gasteiger partial charge in [0.25, 0.3) is 15.9 Å². The van der Waals surface area contributed by atoms with Gasteiger partial charge in [0.1, 0.15) is 5.75 Å². The molecule has 1 amide bonds. The zero-order valence-corrected chi connectivity index (χ0v) is 16.4. The first-order valence-electron chi connectivity index (χ1n) is 8.23. The molecule has 1 aliphatic heterocycles. The van der Waals surface area contributed by atoms with Crippen molar-refractivity contribution in [3.63, 3.8) is 0 Å². The van der Waals surface area contributed by atoms with E-state index in [4.69, 9.17) is 4.74 Å². The summed E-state index contributed by atoms with van der Waals surface area (Å²) in [7, 11) is -3.88. The van der Waals surface area contributed by atoms with E-state index in [0.717, 1.165) is 28.6 Å². The summed E-state index contributed by atoms with van der Waals surface area (Å²) in [5.41, 5.74) is 1.75. The maximum absolute atomic E-state index is 12.4. The Labute approximate surface area is 162 Å². The standard InChI is InChI=1S/C19H18N2O4S2/c1-3-25-15-8-6-14(7-9-15)12-17-18(22)20-19(26-17)21-27(23,24)16-10-4-13(2)5-11-16/h4-12H,3H2,1-2H3,(H,20,21,22)/b17-12+. The number of carbonyl (C=O) groups excluding carboxylic acids is 1. The lowest BCUT2D eigenvalue weighted by Gasteiger charge is -2.02. The van der Waals surface area contributed by atoms with Crippen LogP contribution in [0.15, 0.2) is 62.7 Å². The van der Waals surface area contributed by atoms with E-state index in [9.17, 15) is 13.2 Å². The third-order valence-electron chi connectivity index (χ3n) is 3.66. The molecule has 1 heterocycles. The van der Waals surface area contributed by atoms with Crippen LogP contribution in [0, 0.1) is 6.92 Å². The normalized spacial score (nSPS) is 17.3. The van der Waals surface area contributed by atoms with Crippen LogP contribution >= 0.6 is 11.8 Å². The van der Waals surface area contributed by atoms with E-state index in [1.807, 2.05) is 38.1 Å². The number of nitrogens with zero attached hydrogens (tertiary/aromatic N) is 1. The van der Waals surface area contributed by atoms with Crippen LogP contribution in [0.5, 0.6) is 5.75 Å². The summed E-state index contributed by atoms with van der Waals surface area (Å²) in [6.07, 6.45) is 1.68. The third-order valence-corrected chi connectivity index (χ3v) is 5.98. The number of benzene rings is 2. The van der Waals surface area contributed by atoms with Gasteiger partial charge < -0.3 is 4.74 Å². The van der Waals surface area contributed by atoms with Gasteiger partial charge in [-0.15, -0.1) is 4.40 Å². The van der Waals surface area contributed by atoms with Crippen molar-refractivity contribution >= 4 is 38.9 Å². The smallest absolute Gasteiger partial charge is 0.284 e. The summed E-state index contributed by atoms with van der Waals surface area (Å²) in [6, 6.07) is 13.7. The van der Waals surface area contributed by atoms with Gasteiger partial charge >= 0.3 is 0 Å². The van der Waals surface area contributed by atoms with Crippen LogP contribution in [0.25, 0.3) is 6.08 Å². The van der Waals surface area contributed by atoms with E-state index >= 15 is 0 Å². The first kappa shape index (κ1) is 19.2. The second kappa shape index (κ2) is 7.98. The highest BCUT2D eigenvalue weighted by Crippen LogP contribution is 2.28. The molecule has 1 N–H and O–H groups in total. The van der Waals surface area contributed by atoms with Crippen molar-refractivity contribution in [1.82, 2.24) is 5.32 Å². The molecule has 3 rings (SSSR count). The Kier molecular flexibility index (Phi) is 5.67. The number of sulfonamides is 1. The zero-order chi connectivity index (χ0) is 19.4. The number of rotatable bonds is 5. The molecule has 8 heteroatoms. The van der Waals surface area contributed by atoms with Crippen LogP contribution in [0.4, 0.5) is 0 Å². The highest BCUT2D eigenvalue weighted by Gasteiger charge is 2.26. The molecular weight excluding hydrogens is 384 g/mol. The van der Waals surface area contributed by atoms with E-state index < -0.39 is 10.0 Å². The minimum absolute atomic E-state index is 0.0396. The van der Waals surface area contributed by atoms with E-state index in [1.165, 1.54) is 12.1 Å². The van der Waals surface area contributed by atoms with Crippen molar-refractivity contribution in [3.8, 4) is 5.75 Å². The Balaban J connectivity index is 1.80. The predicted octanol–water partition coefficient (Wildman–Crippen LogP) is 3.34. The van der Waals surface area contributed by atoms with E-state index in [0.29, 0.717) is 11.5 Å². The Morgan fingerprint density at radius 3 is 2.41 bits per heavy atom. The van der Waals surface area contributed by atoms with Gasteiger partial charge in [-0.1, -0.05) is 29.8 Å². The molecule has 1 fully saturated rings. The molecule has 0 spiro atoms. The van der Waals surface area contributed by atoms with Gasteiger partial charge in [-0.2, -0.15) is 8.42 Å². The first-order chi connectivity index (χ1) is 12.9. The minimum atomic E-state index is -3.88. The van der Waals surface area contributed by atoms with Crippen molar-refractivity contribution in [2.45, 2.75) is 18.7 Å². The third kappa shape index (κ3) is 4.78. The zero-order valence-electron chi connectivity index (χ0n) is 14.8. The SMILES string of the molecule is CCOc1ccc(/C=C2/S/C(=N\S(=O)(=O)c3ccc(C)cc3)NC2=O)cc1. The van der Waals surface area contributed by atoms with Crippen LogP contribution < -0.4 is 10.1 Å². The van der Waals surface area contributed by atoms with E-state index in [-0.39, 0.29) is 16.0 Å². The number of hydrogen-bond acceptors (Lipinski definition) is 5. The number of aryl methyl sites for hydroxylation is 1. The Bertz CT molecular complexity index is 1010. The van der Waals surface area contributed by atoms with Gasteiger partial charge in [-0.3, -0.25) is 10.1 Å². The van der Waals surface area contributed by atoms with Crippen LogP contribution in [0.2, 0.25) is 0 Å². The molecule has 1 aliphatic rings. The van der Waals surface area contributed by atoms with Crippen LogP contribution in [0.3, 0.4) is 0 Å². The van der Waals surface area contributed by atoms with Gasteiger partial charge in [0.2, 0.25) is 0 Å². The summed E-state index contributed by atoms with van der Waals surface area (Å²) in [4.78, 5) is 12.6. The van der Waals surface area contributed by atoms with E-state index in [2.05, 4.69) is 9.71 Å². The highest BCUT2D eigenvalue weighted by molar-refractivity contribution is 8.19. The lowest BCUT2D eigenvalue weighted by Crippen LogP contribution is -2.20. The van der Waals surface area contributed by atoms with Crippen LogP contribution in [0.1, 0.15) is 18.1 Å². The van der Waals surface area contributed by atoms with Gasteiger partial charge in [0.15, 0.2) is 5.17 Å². The minimum Gasteiger partial charge on any atom is -0.494 e. The topological polar surface area (TPSA) is 84.8 Å². The second-order valence-electron chi connectivity index (χ2n) is 5.75. The molecule has 2 aromatic carbocycles. The first-order valence-corrected chi connectivity index (χ1v) is 10.5. The van der Waals surface area contributed by atoms with Crippen LogP contribution in [-0.2, 0) is 14.8 Å². The van der Waals surface area contributed by atoms with Crippen LogP contribution in [-0.4, -0.2) is 26.1 Å². The molecule has 2 aromatic rings. The van der Waals surface area contributed by atoms with Crippen molar-refractivity contribution in [1.29, 1.82) is 0 Å². The largest absolute Gasteiger partial charge is 0.494 e. The maximum Gasteiger partial charge on any atom is 0.284 e. The maximum atomic E-state index is 12.4. The number of thioether (sulfide) groups is 1. The van der Waals surface area contributed by atoms with Crippen molar-refractivity contribution in [3.05, 3.63) is 64.6 Å². The molecule has 0 unspecified atom stereocenters. The summed E-state index contributed by atoms with van der Waals surface area (Å²) in [6.45, 7) is 4.35. The average Bonchev–Trinajstić information content (AvgIpc) is 2.95.